The molecule has 1 aromatic carbocycles. The lowest BCUT2D eigenvalue weighted by Crippen LogP contribution is -2.46. The predicted molar refractivity (Wildman–Crippen MR) is 92.0 cm³/mol. The Hall–Kier alpha value is -1.75. The monoisotopic (exact) mass is 350 g/mol. The number of urea groups is 1. The van der Waals surface area contributed by atoms with Crippen molar-refractivity contribution < 1.29 is 14.7 Å². The van der Waals surface area contributed by atoms with Gasteiger partial charge >= 0.3 is 12.0 Å². The molecule has 2 N–H and O–H groups in total. The Morgan fingerprint density at radius 2 is 1.83 bits per heavy atom. The minimum Gasteiger partial charge on any atom is -0.481 e. The Morgan fingerprint density at radius 3 is 2.50 bits per heavy atom. The van der Waals surface area contributed by atoms with Gasteiger partial charge < -0.3 is 15.3 Å². The SMILES string of the molecule is O=C(O)C1CCC(NC(=O)N2CCCC2c2ccccc2Cl)CC1. The van der Waals surface area contributed by atoms with Gasteiger partial charge in [0.1, 0.15) is 0 Å². The first-order valence-electron chi connectivity index (χ1n) is 8.60. The number of carboxylic acid groups (broad SMARTS) is 1. The summed E-state index contributed by atoms with van der Waals surface area (Å²) in [6.07, 6.45) is 4.61. The second-order valence-electron chi connectivity index (χ2n) is 6.71. The van der Waals surface area contributed by atoms with Gasteiger partial charge in [-0.2, -0.15) is 0 Å². The van der Waals surface area contributed by atoms with Crippen molar-refractivity contribution in [2.24, 2.45) is 5.92 Å². The fourth-order valence-electron chi connectivity index (χ4n) is 3.82. The van der Waals surface area contributed by atoms with Crippen molar-refractivity contribution in [2.45, 2.75) is 50.6 Å². The van der Waals surface area contributed by atoms with Crippen LogP contribution in [-0.2, 0) is 4.79 Å². The number of nitrogens with one attached hydrogen (secondary N) is 1. The molecule has 0 radical (unpaired) electrons. The van der Waals surface area contributed by atoms with Crippen molar-refractivity contribution in [1.29, 1.82) is 0 Å². The lowest BCUT2D eigenvalue weighted by Gasteiger charge is -2.31. The molecule has 2 fully saturated rings. The minimum absolute atomic E-state index is 0.0223. The molecular formula is C18H23ClN2O3. The van der Waals surface area contributed by atoms with Gasteiger partial charge in [0.25, 0.3) is 0 Å². The van der Waals surface area contributed by atoms with Crippen molar-refractivity contribution in [3.8, 4) is 0 Å². The molecule has 0 bridgehead atoms. The normalized spacial score (nSPS) is 27.0. The minimum atomic E-state index is -0.724. The summed E-state index contributed by atoms with van der Waals surface area (Å²) in [5.41, 5.74) is 1.00. The van der Waals surface area contributed by atoms with Gasteiger partial charge in [0.15, 0.2) is 0 Å². The number of carbonyl (C=O) groups is 2. The van der Waals surface area contributed by atoms with Crippen LogP contribution in [0.1, 0.15) is 50.1 Å². The summed E-state index contributed by atoms with van der Waals surface area (Å²) in [5, 5.41) is 12.8. The molecule has 2 aliphatic rings. The van der Waals surface area contributed by atoms with Crippen LogP contribution >= 0.6 is 11.6 Å². The van der Waals surface area contributed by atoms with Crippen LogP contribution in [0, 0.1) is 5.92 Å². The van der Waals surface area contributed by atoms with Gasteiger partial charge in [-0.25, -0.2) is 4.79 Å². The van der Waals surface area contributed by atoms with Crippen LogP contribution in [0.25, 0.3) is 0 Å². The fraction of sp³-hybridized carbons (Fsp3) is 0.556. The number of hydrogen-bond acceptors (Lipinski definition) is 2. The molecule has 1 aliphatic carbocycles. The Balaban J connectivity index is 1.61. The van der Waals surface area contributed by atoms with Gasteiger partial charge in [0.05, 0.1) is 12.0 Å². The summed E-state index contributed by atoms with van der Waals surface area (Å²) < 4.78 is 0. The number of hydrogen-bond donors (Lipinski definition) is 2. The summed E-state index contributed by atoms with van der Waals surface area (Å²) in [6, 6.07) is 7.72. The zero-order valence-electron chi connectivity index (χ0n) is 13.6. The Labute approximate surface area is 147 Å². The first kappa shape index (κ1) is 17.1. The summed E-state index contributed by atoms with van der Waals surface area (Å²) in [6.45, 7) is 0.728. The first-order valence-corrected chi connectivity index (χ1v) is 8.98. The third-order valence-corrected chi connectivity index (χ3v) is 5.53. The maximum atomic E-state index is 12.7. The standard InChI is InChI=1S/C18H23ClN2O3/c19-15-5-2-1-4-14(15)16-6-3-11-21(16)18(24)20-13-9-7-12(8-10-13)17(22)23/h1-2,4-5,12-13,16H,3,6-11H2,(H,20,24)(H,22,23). The van der Waals surface area contributed by atoms with E-state index in [4.69, 9.17) is 16.7 Å². The smallest absolute Gasteiger partial charge is 0.318 e. The molecule has 1 saturated carbocycles. The number of likely N-dealkylation sites (tertiary alicyclic amines) is 1. The number of rotatable bonds is 3. The van der Waals surface area contributed by atoms with Gasteiger partial charge in [-0.3, -0.25) is 4.79 Å². The second kappa shape index (κ2) is 7.43. The van der Waals surface area contributed by atoms with Crippen LogP contribution in [0.4, 0.5) is 4.79 Å². The molecule has 3 rings (SSSR count). The molecule has 1 aromatic rings. The van der Waals surface area contributed by atoms with Crippen LogP contribution < -0.4 is 5.32 Å². The Morgan fingerprint density at radius 1 is 1.12 bits per heavy atom. The summed E-state index contributed by atoms with van der Waals surface area (Å²) in [4.78, 5) is 25.6. The molecule has 130 valence electrons. The van der Waals surface area contributed by atoms with Gasteiger partial charge in [0, 0.05) is 17.6 Å². The highest BCUT2D eigenvalue weighted by atomic mass is 35.5. The number of halogens is 1. The second-order valence-corrected chi connectivity index (χ2v) is 7.12. The maximum absolute atomic E-state index is 12.7. The number of carbonyl (C=O) groups excluding carboxylic acids is 1. The first-order chi connectivity index (χ1) is 11.6. The highest BCUT2D eigenvalue weighted by Gasteiger charge is 2.33. The van der Waals surface area contributed by atoms with Crippen LogP contribution in [0.3, 0.4) is 0 Å². The molecule has 0 aromatic heterocycles. The van der Waals surface area contributed by atoms with Gasteiger partial charge in [-0.15, -0.1) is 0 Å². The third-order valence-electron chi connectivity index (χ3n) is 5.18. The van der Waals surface area contributed by atoms with Gasteiger partial charge in [0.2, 0.25) is 0 Å². The molecule has 1 saturated heterocycles. The average Bonchev–Trinajstić information content (AvgIpc) is 3.05. The topological polar surface area (TPSA) is 69.6 Å². The zero-order chi connectivity index (χ0) is 17.1. The highest BCUT2D eigenvalue weighted by Crippen LogP contribution is 2.36. The molecule has 2 amide bonds. The molecule has 5 nitrogen and oxygen atoms in total. The van der Waals surface area contributed by atoms with E-state index in [-0.39, 0.29) is 24.0 Å². The van der Waals surface area contributed by atoms with E-state index in [0.717, 1.165) is 37.8 Å². The third kappa shape index (κ3) is 3.66. The van der Waals surface area contributed by atoms with E-state index in [0.29, 0.717) is 17.9 Å². The fourth-order valence-corrected chi connectivity index (χ4v) is 4.08. The molecule has 0 spiro atoms. The quantitative estimate of drug-likeness (QED) is 0.870. The molecule has 1 unspecified atom stereocenters. The Bertz CT molecular complexity index is 614. The van der Waals surface area contributed by atoms with Gasteiger partial charge in [-0.1, -0.05) is 29.8 Å². The van der Waals surface area contributed by atoms with E-state index in [2.05, 4.69) is 5.32 Å². The van der Waals surface area contributed by atoms with Crippen LogP contribution in [0.5, 0.6) is 0 Å². The average molecular weight is 351 g/mol. The predicted octanol–water partition coefficient (Wildman–Crippen LogP) is 3.83. The number of amides is 2. The highest BCUT2D eigenvalue weighted by molar-refractivity contribution is 6.31. The largest absolute Gasteiger partial charge is 0.481 e. The molecule has 1 atom stereocenters. The molecule has 1 heterocycles. The van der Waals surface area contributed by atoms with Crippen molar-refractivity contribution in [2.75, 3.05) is 6.54 Å². The van der Waals surface area contributed by atoms with Crippen molar-refractivity contribution in [3.05, 3.63) is 34.9 Å². The number of carboxylic acids is 1. The number of nitrogens with zero attached hydrogens (tertiary/aromatic N) is 1. The lowest BCUT2D eigenvalue weighted by molar-refractivity contribution is -0.142. The van der Waals surface area contributed by atoms with E-state index in [9.17, 15) is 9.59 Å². The molecule has 6 heteroatoms. The van der Waals surface area contributed by atoms with Crippen LogP contribution in [0.15, 0.2) is 24.3 Å². The van der Waals surface area contributed by atoms with Crippen molar-refractivity contribution in [3.63, 3.8) is 0 Å². The van der Waals surface area contributed by atoms with Gasteiger partial charge in [-0.05, 0) is 50.2 Å². The molecule has 1 aliphatic heterocycles. The molecular weight excluding hydrogens is 328 g/mol. The van der Waals surface area contributed by atoms with Crippen LogP contribution in [-0.4, -0.2) is 34.6 Å². The summed E-state index contributed by atoms with van der Waals surface area (Å²) in [7, 11) is 0. The van der Waals surface area contributed by atoms with Crippen LogP contribution in [0.2, 0.25) is 5.02 Å². The van der Waals surface area contributed by atoms with Crippen molar-refractivity contribution in [1.82, 2.24) is 10.2 Å². The Kier molecular flexibility index (Phi) is 5.29. The van der Waals surface area contributed by atoms with E-state index < -0.39 is 5.97 Å². The zero-order valence-corrected chi connectivity index (χ0v) is 14.3. The summed E-state index contributed by atoms with van der Waals surface area (Å²) >= 11 is 6.30. The summed E-state index contributed by atoms with van der Waals surface area (Å²) in [5.74, 6) is -0.987. The van der Waals surface area contributed by atoms with E-state index in [1.165, 1.54) is 0 Å². The van der Waals surface area contributed by atoms with E-state index in [1.54, 1.807) is 0 Å². The number of aliphatic carboxylic acids is 1. The molecule has 24 heavy (non-hydrogen) atoms. The van der Waals surface area contributed by atoms with E-state index >= 15 is 0 Å². The van der Waals surface area contributed by atoms with E-state index in [1.807, 2.05) is 29.2 Å². The van der Waals surface area contributed by atoms with Crippen molar-refractivity contribution >= 4 is 23.6 Å². The lowest BCUT2D eigenvalue weighted by atomic mass is 9.86. The maximum Gasteiger partial charge on any atom is 0.318 e. The number of benzene rings is 1.